The van der Waals surface area contributed by atoms with Crippen LogP contribution in [-0.4, -0.2) is 18.1 Å². The maximum absolute atomic E-state index is 5.48. The van der Waals surface area contributed by atoms with Crippen LogP contribution in [0.15, 0.2) is 0 Å². The molecule has 10 heavy (non-hydrogen) atoms. The van der Waals surface area contributed by atoms with Crippen molar-refractivity contribution >= 4 is 11.8 Å². The van der Waals surface area contributed by atoms with E-state index < -0.39 is 0 Å². The molecule has 2 heteroatoms. The van der Waals surface area contributed by atoms with Crippen molar-refractivity contribution in [3.63, 3.8) is 0 Å². The Morgan fingerprint density at radius 1 is 1.40 bits per heavy atom. The molecule has 0 spiro atoms. The van der Waals surface area contributed by atoms with Gasteiger partial charge in [-0.15, -0.1) is 0 Å². The number of nitrogens with two attached hydrogens (primary N) is 1. The predicted octanol–water partition coefficient (Wildman–Crippen LogP) is 2.11. The second-order valence-corrected chi connectivity index (χ2v) is 4.61. The molecule has 62 valence electrons. The highest BCUT2D eigenvalue weighted by atomic mass is 32.2. The van der Waals surface area contributed by atoms with E-state index in [9.17, 15) is 0 Å². The van der Waals surface area contributed by atoms with Crippen LogP contribution < -0.4 is 5.73 Å². The molecule has 0 saturated carbocycles. The lowest BCUT2D eigenvalue weighted by Gasteiger charge is -2.22. The first-order chi connectivity index (χ1) is 4.62. The third-order valence-corrected chi connectivity index (χ3v) is 2.91. The summed E-state index contributed by atoms with van der Waals surface area (Å²) in [5.74, 6) is 2.45. The molecule has 0 unspecified atom stereocenters. The van der Waals surface area contributed by atoms with Gasteiger partial charge in [0, 0.05) is 0 Å². The van der Waals surface area contributed by atoms with Gasteiger partial charge in [0.15, 0.2) is 0 Å². The highest BCUT2D eigenvalue weighted by Crippen LogP contribution is 2.24. The Morgan fingerprint density at radius 2 is 2.00 bits per heavy atom. The molecule has 0 radical (unpaired) electrons. The van der Waals surface area contributed by atoms with E-state index in [4.69, 9.17) is 5.73 Å². The summed E-state index contributed by atoms with van der Waals surface area (Å²) in [6.07, 6.45) is 1.14. The summed E-state index contributed by atoms with van der Waals surface area (Å²) in [7, 11) is 0. The number of hydrogen-bond acceptors (Lipinski definition) is 2. The topological polar surface area (TPSA) is 26.0 Å². The summed E-state index contributed by atoms with van der Waals surface area (Å²) in [4.78, 5) is 0. The fraction of sp³-hybridized carbons (Fsp3) is 1.00. The number of hydrogen-bond donors (Lipinski definition) is 1. The molecule has 0 fully saturated rings. The summed E-state index contributed by atoms with van der Waals surface area (Å²) < 4.78 is 0. The monoisotopic (exact) mass is 161 g/mol. The van der Waals surface area contributed by atoms with Crippen LogP contribution in [0.1, 0.15) is 27.2 Å². The van der Waals surface area contributed by atoms with Gasteiger partial charge in [0.1, 0.15) is 0 Å². The molecule has 0 aromatic heterocycles. The van der Waals surface area contributed by atoms with E-state index in [0.29, 0.717) is 5.41 Å². The van der Waals surface area contributed by atoms with E-state index >= 15 is 0 Å². The third kappa shape index (κ3) is 5.12. The zero-order valence-corrected chi connectivity index (χ0v) is 8.13. The molecule has 0 aromatic rings. The van der Waals surface area contributed by atoms with E-state index in [2.05, 4.69) is 20.8 Å². The number of rotatable bonds is 5. The van der Waals surface area contributed by atoms with E-state index in [-0.39, 0.29) is 0 Å². The van der Waals surface area contributed by atoms with Crippen molar-refractivity contribution in [2.75, 3.05) is 18.1 Å². The van der Waals surface area contributed by atoms with Crippen LogP contribution in [-0.2, 0) is 0 Å². The Balaban J connectivity index is 3.42. The van der Waals surface area contributed by atoms with E-state index in [1.54, 1.807) is 0 Å². The molecule has 0 aromatic carbocycles. The second kappa shape index (κ2) is 5.03. The quantitative estimate of drug-likeness (QED) is 0.668. The van der Waals surface area contributed by atoms with Gasteiger partial charge in [0.2, 0.25) is 0 Å². The smallest absolute Gasteiger partial charge is 0.00157 e. The Labute approximate surface area is 68.8 Å². The van der Waals surface area contributed by atoms with Gasteiger partial charge in [-0.25, -0.2) is 0 Å². The summed E-state index contributed by atoms with van der Waals surface area (Å²) in [5, 5.41) is 0. The highest BCUT2D eigenvalue weighted by molar-refractivity contribution is 7.99. The minimum Gasteiger partial charge on any atom is -0.330 e. The Morgan fingerprint density at radius 3 is 2.40 bits per heavy atom. The lowest BCUT2D eigenvalue weighted by atomic mass is 9.92. The molecule has 0 aliphatic heterocycles. The molecule has 1 nitrogen and oxygen atoms in total. The van der Waals surface area contributed by atoms with Crippen LogP contribution in [0.5, 0.6) is 0 Å². The molecular formula is C8H19NS. The third-order valence-electron chi connectivity index (χ3n) is 1.52. The average Bonchev–Trinajstić information content (AvgIpc) is 1.84. The molecule has 0 rings (SSSR count). The number of thioether (sulfide) groups is 1. The normalized spacial score (nSPS) is 12.0. The fourth-order valence-electron chi connectivity index (χ4n) is 0.841. The molecule has 0 amide bonds. The lowest BCUT2D eigenvalue weighted by molar-refractivity contribution is 0.394. The van der Waals surface area contributed by atoms with Gasteiger partial charge >= 0.3 is 0 Å². The van der Waals surface area contributed by atoms with Crippen molar-refractivity contribution in [3.05, 3.63) is 0 Å². The fourth-order valence-corrected chi connectivity index (χ4v) is 1.74. The van der Waals surface area contributed by atoms with Gasteiger partial charge in [0.05, 0.1) is 0 Å². The van der Waals surface area contributed by atoms with Crippen molar-refractivity contribution in [1.29, 1.82) is 0 Å². The van der Waals surface area contributed by atoms with Crippen LogP contribution in [0.4, 0.5) is 0 Å². The minimum atomic E-state index is 0.440. The average molecular weight is 161 g/mol. The van der Waals surface area contributed by atoms with Gasteiger partial charge < -0.3 is 5.73 Å². The highest BCUT2D eigenvalue weighted by Gasteiger charge is 2.15. The van der Waals surface area contributed by atoms with Crippen LogP contribution in [0.2, 0.25) is 0 Å². The first-order valence-corrected chi connectivity index (χ1v) is 5.05. The minimum absolute atomic E-state index is 0.440. The zero-order chi connectivity index (χ0) is 8.04. The predicted molar refractivity (Wildman–Crippen MR) is 50.5 cm³/mol. The van der Waals surface area contributed by atoms with Gasteiger partial charge in [-0.2, -0.15) is 11.8 Å². The van der Waals surface area contributed by atoms with E-state index in [1.165, 1.54) is 11.5 Å². The second-order valence-electron chi connectivity index (χ2n) is 3.34. The molecular weight excluding hydrogens is 142 g/mol. The molecule has 0 bridgehead atoms. The Kier molecular flexibility index (Phi) is 5.18. The van der Waals surface area contributed by atoms with Crippen molar-refractivity contribution in [1.82, 2.24) is 0 Å². The maximum Gasteiger partial charge on any atom is -0.00157 e. The Bertz CT molecular complexity index is 81.3. The largest absolute Gasteiger partial charge is 0.330 e. The van der Waals surface area contributed by atoms with Gasteiger partial charge in [-0.05, 0) is 29.9 Å². The van der Waals surface area contributed by atoms with Crippen LogP contribution in [0.3, 0.4) is 0 Å². The van der Waals surface area contributed by atoms with Gasteiger partial charge in [-0.3, -0.25) is 0 Å². The summed E-state index contributed by atoms with van der Waals surface area (Å²) in [6.45, 7) is 7.57. The lowest BCUT2D eigenvalue weighted by Crippen LogP contribution is -2.19. The van der Waals surface area contributed by atoms with E-state index in [0.717, 1.165) is 13.0 Å². The van der Waals surface area contributed by atoms with Crippen molar-refractivity contribution < 1.29 is 0 Å². The van der Waals surface area contributed by atoms with Crippen molar-refractivity contribution in [2.24, 2.45) is 11.1 Å². The van der Waals surface area contributed by atoms with Crippen molar-refractivity contribution in [2.45, 2.75) is 27.2 Å². The molecule has 0 aliphatic rings. The molecule has 0 atom stereocenters. The van der Waals surface area contributed by atoms with Gasteiger partial charge in [0.25, 0.3) is 0 Å². The first-order valence-electron chi connectivity index (χ1n) is 3.90. The molecule has 0 saturated heterocycles. The molecule has 0 heterocycles. The van der Waals surface area contributed by atoms with Crippen LogP contribution in [0.25, 0.3) is 0 Å². The molecule has 0 aliphatic carbocycles. The molecule has 2 N–H and O–H groups in total. The van der Waals surface area contributed by atoms with E-state index in [1.807, 2.05) is 11.8 Å². The van der Waals surface area contributed by atoms with Crippen LogP contribution in [0, 0.1) is 5.41 Å². The Hall–Kier alpha value is 0.310. The van der Waals surface area contributed by atoms with Crippen LogP contribution >= 0.6 is 11.8 Å². The zero-order valence-electron chi connectivity index (χ0n) is 7.31. The maximum atomic E-state index is 5.48. The SMILES string of the molecule is CCSCC(C)(C)CCN. The van der Waals surface area contributed by atoms with Gasteiger partial charge in [-0.1, -0.05) is 20.8 Å². The summed E-state index contributed by atoms with van der Waals surface area (Å²) >= 11 is 2.00. The van der Waals surface area contributed by atoms with Crippen molar-refractivity contribution in [3.8, 4) is 0 Å². The summed E-state index contributed by atoms with van der Waals surface area (Å²) in [5.41, 5.74) is 5.92. The summed E-state index contributed by atoms with van der Waals surface area (Å²) in [6, 6.07) is 0. The first kappa shape index (κ1) is 10.3. The standard InChI is InChI=1S/C8H19NS/c1-4-10-7-8(2,3)5-6-9/h4-7,9H2,1-3H3.